The maximum Gasteiger partial charge on any atom is 0.306 e. The molecule has 1 amide bonds. The van der Waals surface area contributed by atoms with Gasteiger partial charge in [0.05, 0.1) is 18.2 Å². The molecule has 1 aromatic carbocycles. The van der Waals surface area contributed by atoms with Crippen molar-refractivity contribution in [1.29, 1.82) is 0 Å². The lowest BCUT2D eigenvalue weighted by Crippen LogP contribution is -2.30. The third-order valence-electron chi connectivity index (χ3n) is 4.08. The Morgan fingerprint density at radius 1 is 1.35 bits per heavy atom. The molecule has 0 radical (unpaired) electrons. The fourth-order valence-electron chi connectivity index (χ4n) is 3.03. The summed E-state index contributed by atoms with van der Waals surface area (Å²) in [7, 11) is 0. The Labute approximate surface area is 117 Å². The molecule has 1 N–H and O–H groups in total. The van der Waals surface area contributed by atoms with E-state index in [4.69, 9.17) is 4.74 Å². The van der Waals surface area contributed by atoms with Gasteiger partial charge in [0, 0.05) is 19.9 Å². The Hall–Kier alpha value is -2.04. The molecule has 5 nitrogen and oxygen atoms in total. The number of fused-ring (bicyclic) bond motifs is 3. The number of aliphatic carboxylic acids is 1. The van der Waals surface area contributed by atoms with E-state index in [9.17, 15) is 14.7 Å². The fraction of sp³-hybridized carbons (Fsp3) is 0.467. The highest BCUT2D eigenvalue weighted by Crippen LogP contribution is 2.42. The molecule has 0 aromatic heterocycles. The van der Waals surface area contributed by atoms with Crippen molar-refractivity contribution in [3.8, 4) is 5.75 Å². The zero-order chi connectivity index (χ0) is 14.3. The SMILES string of the molecule is CC(=O)N1CCC(C(=O)O)Cc2ccc3c(c21)OCC3. The highest BCUT2D eigenvalue weighted by Gasteiger charge is 2.32. The van der Waals surface area contributed by atoms with E-state index < -0.39 is 11.9 Å². The first-order valence-corrected chi connectivity index (χ1v) is 6.86. The molecule has 1 atom stereocenters. The minimum Gasteiger partial charge on any atom is -0.491 e. The number of carbonyl (C=O) groups is 2. The summed E-state index contributed by atoms with van der Waals surface area (Å²) in [6.45, 7) is 2.57. The van der Waals surface area contributed by atoms with Gasteiger partial charge in [-0.2, -0.15) is 0 Å². The number of anilines is 1. The van der Waals surface area contributed by atoms with Crippen molar-refractivity contribution in [2.45, 2.75) is 26.2 Å². The van der Waals surface area contributed by atoms with Crippen LogP contribution < -0.4 is 9.64 Å². The first kappa shape index (κ1) is 13.0. The lowest BCUT2D eigenvalue weighted by Gasteiger charge is -2.23. The predicted octanol–water partition coefficient (Wildman–Crippen LogP) is 1.62. The summed E-state index contributed by atoms with van der Waals surface area (Å²) in [5.74, 6) is -0.551. The zero-order valence-electron chi connectivity index (χ0n) is 11.4. The van der Waals surface area contributed by atoms with Gasteiger partial charge in [0.15, 0.2) is 0 Å². The van der Waals surface area contributed by atoms with Crippen molar-refractivity contribution in [2.24, 2.45) is 5.92 Å². The Balaban J connectivity index is 2.11. The molecule has 3 rings (SSSR count). The van der Waals surface area contributed by atoms with E-state index in [0.29, 0.717) is 26.0 Å². The Morgan fingerprint density at radius 2 is 2.10 bits per heavy atom. The number of hydrogen-bond donors (Lipinski definition) is 1. The topological polar surface area (TPSA) is 66.8 Å². The number of ether oxygens (including phenoxy) is 1. The van der Waals surface area contributed by atoms with Crippen LogP contribution in [0.15, 0.2) is 12.1 Å². The number of rotatable bonds is 1. The minimum atomic E-state index is -0.803. The van der Waals surface area contributed by atoms with Gasteiger partial charge in [-0.25, -0.2) is 0 Å². The molecule has 2 heterocycles. The number of nitrogens with zero attached hydrogens (tertiary/aromatic N) is 1. The van der Waals surface area contributed by atoms with E-state index >= 15 is 0 Å². The van der Waals surface area contributed by atoms with Gasteiger partial charge in [-0.15, -0.1) is 0 Å². The Morgan fingerprint density at radius 3 is 2.80 bits per heavy atom. The monoisotopic (exact) mass is 275 g/mol. The summed E-state index contributed by atoms with van der Waals surface area (Å²) < 4.78 is 5.69. The van der Waals surface area contributed by atoms with Crippen molar-refractivity contribution >= 4 is 17.6 Å². The maximum atomic E-state index is 11.9. The molecular weight excluding hydrogens is 258 g/mol. The van der Waals surface area contributed by atoms with E-state index in [1.54, 1.807) is 4.90 Å². The van der Waals surface area contributed by atoms with Gasteiger partial charge in [-0.3, -0.25) is 9.59 Å². The molecule has 20 heavy (non-hydrogen) atoms. The Bertz CT molecular complexity index is 581. The fourth-order valence-corrected chi connectivity index (χ4v) is 3.03. The van der Waals surface area contributed by atoms with E-state index in [2.05, 4.69) is 0 Å². The lowest BCUT2D eigenvalue weighted by molar-refractivity contribution is -0.141. The number of benzene rings is 1. The van der Waals surface area contributed by atoms with Crippen LogP contribution in [0.2, 0.25) is 0 Å². The summed E-state index contributed by atoms with van der Waals surface area (Å²) in [5, 5.41) is 9.27. The summed E-state index contributed by atoms with van der Waals surface area (Å²) >= 11 is 0. The van der Waals surface area contributed by atoms with Crippen LogP contribution in [0.1, 0.15) is 24.5 Å². The molecule has 0 aliphatic carbocycles. The van der Waals surface area contributed by atoms with E-state index in [-0.39, 0.29) is 5.91 Å². The van der Waals surface area contributed by atoms with Crippen molar-refractivity contribution in [2.75, 3.05) is 18.1 Å². The molecule has 0 saturated heterocycles. The highest BCUT2D eigenvalue weighted by molar-refractivity contribution is 5.95. The maximum absolute atomic E-state index is 11.9. The number of amides is 1. The van der Waals surface area contributed by atoms with Crippen LogP contribution in [0.4, 0.5) is 5.69 Å². The van der Waals surface area contributed by atoms with Crippen LogP contribution >= 0.6 is 0 Å². The van der Waals surface area contributed by atoms with Crippen LogP contribution in [-0.2, 0) is 22.4 Å². The largest absolute Gasteiger partial charge is 0.491 e. The van der Waals surface area contributed by atoms with E-state index in [1.807, 2.05) is 12.1 Å². The van der Waals surface area contributed by atoms with Gasteiger partial charge in [0.2, 0.25) is 5.91 Å². The van der Waals surface area contributed by atoms with Crippen molar-refractivity contribution in [3.05, 3.63) is 23.3 Å². The highest BCUT2D eigenvalue weighted by atomic mass is 16.5. The Kier molecular flexibility index (Phi) is 3.12. The predicted molar refractivity (Wildman–Crippen MR) is 73.1 cm³/mol. The molecular formula is C15H17NO4. The third kappa shape index (κ3) is 2.03. The summed E-state index contributed by atoms with van der Waals surface area (Å²) in [6.07, 6.45) is 1.76. The molecule has 0 fully saturated rings. The third-order valence-corrected chi connectivity index (χ3v) is 4.08. The van der Waals surface area contributed by atoms with E-state index in [0.717, 1.165) is 29.0 Å². The van der Waals surface area contributed by atoms with Crippen LogP contribution in [-0.4, -0.2) is 30.1 Å². The van der Waals surface area contributed by atoms with Crippen LogP contribution in [0.5, 0.6) is 5.75 Å². The number of carboxylic acid groups (broad SMARTS) is 1. The van der Waals surface area contributed by atoms with Gasteiger partial charge in [-0.1, -0.05) is 12.1 Å². The molecule has 2 aliphatic heterocycles. The minimum absolute atomic E-state index is 0.0683. The van der Waals surface area contributed by atoms with Gasteiger partial charge in [-0.05, 0) is 24.0 Å². The van der Waals surface area contributed by atoms with Crippen LogP contribution in [0.25, 0.3) is 0 Å². The average molecular weight is 275 g/mol. The molecule has 1 unspecified atom stereocenters. The summed E-state index contributed by atoms with van der Waals surface area (Å²) in [6, 6.07) is 3.93. The van der Waals surface area contributed by atoms with Crippen LogP contribution in [0.3, 0.4) is 0 Å². The number of carboxylic acids is 1. The molecule has 1 aromatic rings. The van der Waals surface area contributed by atoms with Crippen LogP contribution in [0, 0.1) is 5.92 Å². The second kappa shape index (κ2) is 4.81. The van der Waals surface area contributed by atoms with Gasteiger partial charge < -0.3 is 14.7 Å². The molecule has 106 valence electrons. The van der Waals surface area contributed by atoms with E-state index in [1.165, 1.54) is 6.92 Å². The quantitative estimate of drug-likeness (QED) is 0.845. The molecule has 2 aliphatic rings. The molecule has 0 bridgehead atoms. The van der Waals surface area contributed by atoms with Gasteiger partial charge >= 0.3 is 5.97 Å². The standard InChI is InChI=1S/C15H17NO4/c1-9(17)16-6-4-12(15(18)19)8-11-3-2-10-5-7-20-14(10)13(11)16/h2-3,12H,4-8H2,1H3,(H,18,19). The first-order valence-electron chi connectivity index (χ1n) is 6.86. The molecule has 0 spiro atoms. The summed E-state index contributed by atoms with van der Waals surface area (Å²) in [5.41, 5.74) is 2.78. The molecule has 0 saturated carbocycles. The van der Waals surface area contributed by atoms with Gasteiger partial charge in [0.1, 0.15) is 5.75 Å². The average Bonchev–Trinajstić information content (AvgIpc) is 2.77. The second-order valence-electron chi connectivity index (χ2n) is 5.36. The molecule has 5 heteroatoms. The van der Waals surface area contributed by atoms with Crippen molar-refractivity contribution < 1.29 is 19.4 Å². The van der Waals surface area contributed by atoms with Gasteiger partial charge in [0.25, 0.3) is 0 Å². The summed E-state index contributed by atoms with van der Waals surface area (Å²) in [4.78, 5) is 24.9. The second-order valence-corrected chi connectivity index (χ2v) is 5.36. The van der Waals surface area contributed by atoms with Crippen molar-refractivity contribution in [1.82, 2.24) is 0 Å². The smallest absolute Gasteiger partial charge is 0.306 e. The number of hydrogen-bond acceptors (Lipinski definition) is 3. The first-order chi connectivity index (χ1) is 9.58. The number of carbonyl (C=O) groups excluding carboxylic acids is 1. The normalized spacial score (nSPS) is 20.6. The zero-order valence-corrected chi connectivity index (χ0v) is 11.4. The lowest BCUT2D eigenvalue weighted by atomic mass is 9.96. The van der Waals surface area contributed by atoms with Crippen molar-refractivity contribution in [3.63, 3.8) is 0 Å².